The molecule has 4 heteroatoms. The molecular formula is C19H32O4. The van der Waals surface area contributed by atoms with Crippen LogP contribution in [0.2, 0.25) is 0 Å². The Morgan fingerprint density at radius 1 is 1.39 bits per heavy atom. The highest BCUT2D eigenvalue weighted by Gasteiger charge is 2.36. The van der Waals surface area contributed by atoms with Crippen LogP contribution in [0.3, 0.4) is 0 Å². The molecule has 0 heterocycles. The lowest BCUT2D eigenvalue weighted by Gasteiger charge is -2.31. The topological polar surface area (TPSA) is 74.6 Å². The molecule has 0 aromatic carbocycles. The lowest BCUT2D eigenvalue weighted by atomic mass is 9.81. The Morgan fingerprint density at radius 3 is 2.65 bits per heavy atom. The normalized spacial score (nSPS) is 25.7. The number of hydrogen-bond donors (Lipinski definition) is 2. The molecule has 132 valence electrons. The Morgan fingerprint density at radius 2 is 2.09 bits per heavy atom. The standard InChI is InChI=1S/C19H32O4/c1-4-6-7-8-14(3)19(23,5-2)12-11-15-9-10-17(20)16(15)13-18(21)22/h11-12,14-16,23H,4-10,13H2,1-3H3,(H,21,22)/t14?,15-,16-,19?/m0/s1. The van der Waals surface area contributed by atoms with E-state index in [4.69, 9.17) is 5.11 Å². The second kappa shape index (κ2) is 9.21. The van der Waals surface area contributed by atoms with E-state index in [-0.39, 0.29) is 24.0 Å². The Labute approximate surface area is 140 Å². The lowest BCUT2D eigenvalue weighted by Crippen LogP contribution is -2.33. The van der Waals surface area contributed by atoms with Gasteiger partial charge >= 0.3 is 5.97 Å². The molecule has 2 unspecified atom stereocenters. The van der Waals surface area contributed by atoms with Gasteiger partial charge in [0.25, 0.3) is 0 Å². The maximum atomic E-state index is 11.9. The minimum absolute atomic E-state index is 0.0399. The Kier molecular flexibility index (Phi) is 7.97. The molecule has 0 radical (unpaired) electrons. The van der Waals surface area contributed by atoms with Crippen LogP contribution in [-0.2, 0) is 9.59 Å². The lowest BCUT2D eigenvalue weighted by molar-refractivity contribution is -0.140. The number of Topliss-reactive ketones (excluding diaryl/α,β-unsaturated/α-hetero) is 1. The van der Waals surface area contributed by atoms with Gasteiger partial charge in [-0.1, -0.05) is 52.2 Å². The predicted molar refractivity (Wildman–Crippen MR) is 91.2 cm³/mol. The minimum Gasteiger partial charge on any atom is -0.481 e. The van der Waals surface area contributed by atoms with Crippen LogP contribution in [-0.4, -0.2) is 27.6 Å². The molecule has 1 saturated carbocycles. The first-order valence-corrected chi connectivity index (χ1v) is 9.00. The van der Waals surface area contributed by atoms with Gasteiger partial charge in [-0.15, -0.1) is 0 Å². The molecule has 0 bridgehead atoms. The van der Waals surface area contributed by atoms with Gasteiger partial charge in [0.1, 0.15) is 5.78 Å². The van der Waals surface area contributed by atoms with Crippen molar-refractivity contribution in [2.24, 2.45) is 17.8 Å². The third kappa shape index (κ3) is 5.76. The van der Waals surface area contributed by atoms with Crippen molar-refractivity contribution in [2.75, 3.05) is 0 Å². The molecule has 2 N–H and O–H groups in total. The number of carbonyl (C=O) groups is 2. The highest BCUT2D eigenvalue weighted by Crippen LogP contribution is 2.35. The molecule has 4 atom stereocenters. The van der Waals surface area contributed by atoms with Crippen molar-refractivity contribution in [1.29, 1.82) is 0 Å². The van der Waals surface area contributed by atoms with Crippen molar-refractivity contribution in [3.8, 4) is 0 Å². The van der Waals surface area contributed by atoms with Crippen molar-refractivity contribution in [3.63, 3.8) is 0 Å². The van der Waals surface area contributed by atoms with E-state index in [2.05, 4.69) is 13.8 Å². The van der Waals surface area contributed by atoms with E-state index in [0.29, 0.717) is 19.3 Å². The molecule has 0 spiro atoms. The van der Waals surface area contributed by atoms with Gasteiger partial charge in [0.2, 0.25) is 0 Å². The number of ketones is 1. The van der Waals surface area contributed by atoms with Crippen molar-refractivity contribution in [1.82, 2.24) is 0 Å². The maximum absolute atomic E-state index is 11.9. The number of aliphatic carboxylic acids is 1. The molecule has 0 aromatic rings. The summed E-state index contributed by atoms with van der Waals surface area (Å²) in [5, 5.41) is 19.9. The Balaban J connectivity index is 2.73. The number of carboxylic acid groups (broad SMARTS) is 1. The maximum Gasteiger partial charge on any atom is 0.304 e. The fraction of sp³-hybridized carbons (Fsp3) is 0.789. The highest BCUT2D eigenvalue weighted by molar-refractivity contribution is 5.87. The van der Waals surface area contributed by atoms with Crippen LogP contribution in [0.1, 0.15) is 72.1 Å². The first-order chi connectivity index (χ1) is 10.8. The monoisotopic (exact) mass is 324 g/mol. The van der Waals surface area contributed by atoms with E-state index >= 15 is 0 Å². The van der Waals surface area contributed by atoms with Crippen LogP contribution < -0.4 is 0 Å². The first kappa shape index (κ1) is 19.9. The molecule has 1 aliphatic rings. The van der Waals surface area contributed by atoms with E-state index in [1.165, 1.54) is 6.42 Å². The summed E-state index contributed by atoms with van der Waals surface area (Å²) in [6, 6.07) is 0. The summed E-state index contributed by atoms with van der Waals surface area (Å²) in [5.74, 6) is -1.22. The predicted octanol–water partition coefficient (Wildman–Crippen LogP) is 3.97. The Bertz CT molecular complexity index is 429. The molecule has 1 aliphatic carbocycles. The van der Waals surface area contributed by atoms with E-state index < -0.39 is 17.5 Å². The van der Waals surface area contributed by atoms with Crippen LogP contribution in [0.15, 0.2) is 12.2 Å². The second-order valence-corrected chi connectivity index (χ2v) is 6.97. The molecule has 1 fully saturated rings. The SMILES string of the molecule is CCCCCC(C)C(O)(C=C[C@@H]1CCC(=O)[C@H]1CC(=O)O)CC. The van der Waals surface area contributed by atoms with Crippen molar-refractivity contribution in [3.05, 3.63) is 12.2 Å². The van der Waals surface area contributed by atoms with Gasteiger partial charge < -0.3 is 10.2 Å². The molecule has 1 rings (SSSR count). The van der Waals surface area contributed by atoms with Crippen LogP contribution in [0.4, 0.5) is 0 Å². The van der Waals surface area contributed by atoms with Gasteiger partial charge in [-0.3, -0.25) is 9.59 Å². The average molecular weight is 324 g/mol. The van der Waals surface area contributed by atoms with Crippen molar-refractivity contribution in [2.45, 2.75) is 77.7 Å². The van der Waals surface area contributed by atoms with Crippen LogP contribution in [0.5, 0.6) is 0 Å². The second-order valence-electron chi connectivity index (χ2n) is 6.97. The van der Waals surface area contributed by atoms with Gasteiger partial charge in [-0.05, 0) is 31.1 Å². The summed E-state index contributed by atoms with van der Waals surface area (Å²) in [7, 11) is 0. The van der Waals surface area contributed by atoms with Crippen LogP contribution in [0.25, 0.3) is 0 Å². The quantitative estimate of drug-likeness (QED) is 0.471. The van der Waals surface area contributed by atoms with Gasteiger partial charge in [0.05, 0.1) is 12.0 Å². The van der Waals surface area contributed by atoms with E-state index in [9.17, 15) is 14.7 Å². The number of carbonyl (C=O) groups excluding carboxylic acids is 1. The number of hydrogen-bond acceptors (Lipinski definition) is 3. The summed E-state index contributed by atoms with van der Waals surface area (Å²) < 4.78 is 0. The average Bonchev–Trinajstić information content (AvgIpc) is 2.85. The van der Waals surface area contributed by atoms with E-state index in [1.54, 1.807) is 0 Å². The minimum atomic E-state index is -0.928. The van der Waals surface area contributed by atoms with E-state index in [1.807, 2.05) is 19.1 Å². The molecule has 0 saturated heterocycles. The van der Waals surface area contributed by atoms with Gasteiger partial charge in [0, 0.05) is 12.3 Å². The summed E-state index contributed by atoms with van der Waals surface area (Å²) in [6.45, 7) is 6.20. The first-order valence-electron chi connectivity index (χ1n) is 9.00. The third-order valence-corrected chi connectivity index (χ3v) is 5.34. The zero-order valence-corrected chi connectivity index (χ0v) is 14.8. The van der Waals surface area contributed by atoms with Crippen LogP contribution in [0, 0.1) is 17.8 Å². The number of rotatable bonds is 10. The largest absolute Gasteiger partial charge is 0.481 e. The van der Waals surface area contributed by atoms with Crippen molar-refractivity contribution < 1.29 is 19.8 Å². The number of allylic oxidation sites excluding steroid dienone is 1. The van der Waals surface area contributed by atoms with Crippen molar-refractivity contribution >= 4 is 11.8 Å². The van der Waals surface area contributed by atoms with Gasteiger partial charge in [-0.2, -0.15) is 0 Å². The van der Waals surface area contributed by atoms with Gasteiger partial charge in [-0.25, -0.2) is 0 Å². The number of carboxylic acids is 1. The fourth-order valence-electron chi connectivity index (χ4n) is 3.49. The fourth-order valence-corrected chi connectivity index (χ4v) is 3.49. The summed E-state index contributed by atoms with van der Waals surface area (Å²) in [6.07, 6.45) is 9.81. The molecule has 4 nitrogen and oxygen atoms in total. The summed E-state index contributed by atoms with van der Waals surface area (Å²) in [4.78, 5) is 22.8. The molecule has 23 heavy (non-hydrogen) atoms. The molecule has 0 aromatic heterocycles. The zero-order chi connectivity index (χ0) is 17.5. The molecular weight excluding hydrogens is 292 g/mol. The zero-order valence-electron chi connectivity index (χ0n) is 14.8. The number of unbranched alkanes of at least 4 members (excludes halogenated alkanes) is 2. The summed E-state index contributed by atoms with van der Waals surface area (Å²) in [5.41, 5.74) is -0.868. The van der Waals surface area contributed by atoms with E-state index in [0.717, 1.165) is 19.3 Å². The Hall–Kier alpha value is -1.16. The van der Waals surface area contributed by atoms with Gasteiger partial charge in [0.15, 0.2) is 0 Å². The third-order valence-electron chi connectivity index (χ3n) is 5.34. The highest BCUT2D eigenvalue weighted by atomic mass is 16.4. The number of aliphatic hydroxyl groups is 1. The molecule has 0 amide bonds. The smallest absolute Gasteiger partial charge is 0.304 e. The molecule has 0 aliphatic heterocycles. The summed E-state index contributed by atoms with van der Waals surface area (Å²) >= 11 is 0. The van der Waals surface area contributed by atoms with Crippen LogP contribution >= 0.6 is 0 Å².